The second-order valence-corrected chi connectivity index (χ2v) is 5.87. The molecule has 22 heavy (non-hydrogen) atoms. The lowest BCUT2D eigenvalue weighted by molar-refractivity contribution is 0.695. The van der Waals surface area contributed by atoms with Gasteiger partial charge in [0.15, 0.2) is 5.82 Å². The van der Waals surface area contributed by atoms with Crippen LogP contribution in [0, 0.1) is 4.77 Å². The molecule has 0 saturated carbocycles. The van der Waals surface area contributed by atoms with Crippen LogP contribution in [0.5, 0.6) is 0 Å². The number of para-hydroxylation sites is 1. The standard InChI is InChI=1S/C16H19N5S/c1-4-20-10-12(13-7-5-6-8-14(13)20)9-17-21-15(11(2)3)18-19-16(21)22/h5-11H,4H2,1-3H3,(H,19,22)/b17-9-. The fraction of sp³-hybridized carbons (Fsp3) is 0.312. The van der Waals surface area contributed by atoms with Gasteiger partial charge in [-0.2, -0.15) is 14.9 Å². The second kappa shape index (κ2) is 5.88. The van der Waals surface area contributed by atoms with Crippen LogP contribution in [0.4, 0.5) is 0 Å². The van der Waals surface area contributed by atoms with E-state index in [0.717, 1.165) is 17.9 Å². The zero-order chi connectivity index (χ0) is 15.7. The Bertz CT molecular complexity index is 881. The monoisotopic (exact) mass is 313 g/mol. The molecule has 0 spiro atoms. The molecule has 0 saturated heterocycles. The number of aromatic nitrogens is 4. The molecule has 0 bridgehead atoms. The van der Waals surface area contributed by atoms with Gasteiger partial charge in [-0.3, -0.25) is 5.10 Å². The molecule has 0 aliphatic carbocycles. The molecule has 114 valence electrons. The maximum atomic E-state index is 5.26. The molecule has 0 aliphatic rings. The summed E-state index contributed by atoms with van der Waals surface area (Å²) < 4.78 is 4.42. The van der Waals surface area contributed by atoms with E-state index in [1.165, 1.54) is 10.9 Å². The quantitative estimate of drug-likeness (QED) is 0.586. The van der Waals surface area contributed by atoms with Gasteiger partial charge in [0.05, 0.1) is 6.21 Å². The van der Waals surface area contributed by atoms with Crippen LogP contribution in [0.25, 0.3) is 10.9 Å². The molecular formula is C16H19N5S. The second-order valence-electron chi connectivity index (χ2n) is 5.49. The third-order valence-electron chi connectivity index (χ3n) is 3.66. The number of fused-ring (bicyclic) bond motifs is 1. The summed E-state index contributed by atoms with van der Waals surface area (Å²) in [4.78, 5) is 0. The number of aryl methyl sites for hydroxylation is 1. The summed E-state index contributed by atoms with van der Waals surface area (Å²) in [6, 6.07) is 8.33. The van der Waals surface area contributed by atoms with Crippen molar-refractivity contribution in [3.63, 3.8) is 0 Å². The Balaban J connectivity index is 2.07. The fourth-order valence-electron chi connectivity index (χ4n) is 2.55. The number of nitrogens with zero attached hydrogens (tertiary/aromatic N) is 4. The maximum absolute atomic E-state index is 5.26. The van der Waals surface area contributed by atoms with Crippen molar-refractivity contribution in [1.82, 2.24) is 19.4 Å². The number of benzene rings is 1. The molecule has 1 N–H and O–H groups in total. The summed E-state index contributed by atoms with van der Waals surface area (Å²) in [5, 5.41) is 12.8. The first-order valence-corrected chi connectivity index (χ1v) is 7.82. The predicted molar refractivity (Wildman–Crippen MR) is 92.1 cm³/mol. The molecule has 3 aromatic rings. The average molecular weight is 313 g/mol. The van der Waals surface area contributed by atoms with Crippen molar-refractivity contribution in [2.45, 2.75) is 33.2 Å². The molecule has 5 nitrogen and oxygen atoms in total. The molecule has 0 unspecified atom stereocenters. The van der Waals surface area contributed by atoms with E-state index in [1.54, 1.807) is 4.68 Å². The first kappa shape index (κ1) is 14.7. The first-order valence-electron chi connectivity index (χ1n) is 7.41. The van der Waals surface area contributed by atoms with Crippen LogP contribution in [0.1, 0.15) is 38.1 Å². The number of hydrogen-bond acceptors (Lipinski definition) is 3. The van der Waals surface area contributed by atoms with Crippen molar-refractivity contribution < 1.29 is 0 Å². The van der Waals surface area contributed by atoms with Crippen LogP contribution in [0.15, 0.2) is 35.6 Å². The van der Waals surface area contributed by atoms with Gasteiger partial charge in [-0.1, -0.05) is 32.0 Å². The zero-order valence-electron chi connectivity index (χ0n) is 12.9. The maximum Gasteiger partial charge on any atom is 0.216 e. The molecule has 1 aromatic carbocycles. The van der Waals surface area contributed by atoms with Gasteiger partial charge in [-0.15, -0.1) is 0 Å². The van der Waals surface area contributed by atoms with Crippen molar-refractivity contribution in [3.05, 3.63) is 46.6 Å². The van der Waals surface area contributed by atoms with Crippen LogP contribution in [0.2, 0.25) is 0 Å². The van der Waals surface area contributed by atoms with E-state index in [1.807, 2.05) is 12.3 Å². The lowest BCUT2D eigenvalue weighted by Gasteiger charge is -2.02. The molecular weight excluding hydrogens is 294 g/mol. The predicted octanol–water partition coefficient (Wildman–Crippen LogP) is 3.92. The Morgan fingerprint density at radius 1 is 1.36 bits per heavy atom. The summed E-state index contributed by atoms with van der Waals surface area (Å²) in [5.41, 5.74) is 2.29. The largest absolute Gasteiger partial charge is 0.347 e. The van der Waals surface area contributed by atoms with E-state index in [4.69, 9.17) is 12.2 Å². The number of H-pyrrole nitrogens is 1. The minimum Gasteiger partial charge on any atom is -0.347 e. The molecule has 0 fully saturated rings. The van der Waals surface area contributed by atoms with Crippen LogP contribution in [0.3, 0.4) is 0 Å². The SMILES string of the molecule is CCn1cc(/C=N\n2c(C(C)C)n[nH]c2=S)c2ccccc21. The van der Waals surface area contributed by atoms with Gasteiger partial charge < -0.3 is 4.57 Å². The van der Waals surface area contributed by atoms with E-state index in [0.29, 0.717) is 4.77 Å². The average Bonchev–Trinajstić information content (AvgIpc) is 3.06. The molecule has 2 aromatic heterocycles. The zero-order valence-corrected chi connectivity index (χ0v) is 13.8. The van der Waals surface area contributed by atoms with Crippen LogP contribution >= 0.6 is 12.2 Å². The third-order valence-corrected chi connectivity index (χ3v) is 3.93. The number of rotatable bonds is 4. The fourth-order valence-corrected chi connectivity index (χ4v) is 2.74. The van der Waals surface area contributed by atoms with Crippen LogP contribution in [-0.4, -0.2) is 25.7 Å². The van der Waals surface area contributed by atoms with Gasteiger partial charge in [0.1, 0.15) is 0 Å². The van der Waals surface area contributed by atoms with Gasteiger partial charge in [0.25, 0.3) is 0 Å². The molecule has 0 aliphatic heterocycles. The smallest absolute Gasteiger partial charge is 0.216 e. The van der Waals surface area contributed by atoms with E-state index in [9.17, 15) is 0 Å². The Hall–Kier alpha value is -2.21. The Morgan fingerprint density at radius 3 is 2.86 bits per heavy atom. The summed E-state index contributed by atoms with van der Waals surface area (Å²) in [6.45, 7) is 7.20. The minimum absolute atomic E-state index is 0.252. The van der Waals surface area contributed by atoms with E-state index in [2.05, 4.69) is 65.0 Å². The highest BCUT2D eigenvalue weighted by molar-refractivity contribution is 7.71. The third kappa shape index (κ3) is 2.50. The summed E-state index contributed by atoms with van der Waals surface area (Å²) in [6.07, 6.45) is 3.97. The van der Waals surface area contributed by atoms with Crippen molar-refractivity contribution >= 4 is 29.3 Å². The van der Waals surface area contributed by atoms with Gasteiger partial charge in [0.2, 0.25) is 4.77 Å². The number of aromatic amines is 1. The molecule has 0 amide bonds. The van der Waals surface area contributed by atoms with E-state index in [-0.39, 0.29) is 5.92 Å². The van der Waals surface area contributed by atoms with E-state index < -0.39 is 0 Å². The number of nitrogens with one attached hydrogen (secondary N) is 1. The summed E-state index contributed by atoms with van der Waals surface area (Å²) >= 11 is 5.26. The lowest BCUT2D eigenvalue weighted by Crippen LogP contribution is -2.00. The van der Waals surface area contributed by atoms with Gasteiger partial charge in [0, 0.05) is 35.1 Å². The van der Waals surface area contributed by atoms with Crippen molar-refractivity contribution in [1.29, 1.82) is 0 Å². The normalized spacial score (nSPS) is 12.0. The Kier molecular flexibility index (Phi) is 3.94. The highest BCUT2D eigenvalue weighted by atomic mass is 32.1. The Morgan fingerprint density at radius 2 is 2.14 bits per heavy atom. The molecule has 3 rings (SSSR count). The molecule has 0 radical (unpaired) electrons. The van der Waals surface area contributed by atoms with Crippen LogP contribution < -0.4 is 0 Å². The topological polar surface area (TPSA) is 50.9 Å². The number of hydrogen-bond donors (Lipinski definition) is 1. The van der Waals surface area contributed by atoms with Crippen molar-refractivity contribution in [2.24, 2.45) is 5.10 Å². The summed E-state index contributed by atoms with van der Waals surface area (Å²) in [5.74, 6) is 1.09. The minimum atomic E-state index is 0.252. The molecule has 6 heteroatoms. The highest BCUT2D eigenvalue weighted by Crippen LogP contribution is 2.20. The van der Waals surface area contributed by atoms with Crippen molar-refractivity contribution in [3.8, 4) is 0 Å². The summed E-state index contributed by atoms with van der Waals surface area (Å²) in [7, 11) is 0. The van der Waals surface area contributed by atoms with Crippen molar-refractivity contribution in [2.75, 3.05) is 0 Å². The highest BCUT2D eigenvalue weighted by Gasteiger charge is 2.10. The Labute approximate surface area is 134 Å². The van der Waals surface area contributed by atoms with Gasteiger partial charge >= 0.3 is 0 Å². The molecule has 0 atom stereocenters. The lowest BCUT2D eigenvalue weighted by atomic mass is 10.2. The van der Waals surface area contributed by atoms with Gasteiger partial charge in [-0.05, 0) is 25.2 Å². The molecule has 2 heterocycles. The van der Waals surface area contributed by atoms with E-state index >= 15 is 0 Å². The van der Waals surface area contributed by atoms with Crippen LogP contribution in [-0.2, 0) is 6.54 Å². The first-order chi connectivity index (χ1) is 10.6. The van der Waals surface area contributed by atoms with Gasteiger partial charge in [-0.25, -0.2) is 0 Å².